The Bertz CT molecular complexity index is 2730. The predicted molar refractivity (Wildman–Crippen MR) is 263 cm³/mol. The molecule has 6 fully saturated rings. The van der Waals surface area contributed by atoms with Crippen molar-refractivity contribution in [1.82, 2.24) is 48.7 Å². The van der Waals surface area contributed by atoms with Crippen molar-refractivity contribution in [2.75, 3.05) is 100.0 Å². The molecule has 1 atom stereocenters. The van der Waals surface area contributed by atoms with Gasteiger partial charge in [0, 0.05) is 93.2 Å². The number of rotatable bonds is 15. The van der Waals surface area contributed by atoms with E-state index in [4.69, 9.17) is 20.2 Å². The number of anilines is 3. The van der Waals surface area contributed by atoms with Gasteiger partial charge in [0.2, 0.25) is 11.1 Å². The minimum Gasteiger partial charge on any atom is -0.492 e. The van der Waals surface area contributed by atoms with Gasteiger partial charge in [-0.25, -0.2) is 15.0 Å². The van der Waals surface area contributed by atoms with E-state index in [0.717, 1.165) is 108 Å². The summed E-state index contributed by atoms with van der Waals surface area (Å²) in [5, 5.41) is 5.35. The SMILES string of the molecule is CN(C)C(=O)c1cc2cnc(S(C)=O)nc2n1C12CC(C1)C2.CN(C)CCOc1ccc(N)cc1.CN(C)CCOc1ccc(Nc2ncc3cc(C(=O)N(C)C)n(C45CC(C4)C5)c3n2)cc1. The zero-order valence-electron chi connectivity index (χ0n) is 40.2. The van der Waals surface area contributed by atoms with Gasteiger partial charge in [0.05, 0.1) is 10.8 Å². The van der Waals surface area contributed by atoms with Crippen LogP contribution in [0.25, 0.3) is 22.1 Å². The van der Waals surface area contributed by atoms with Crippen LogP contribution in [0.5, 0.6) is 11.5 Å². The fourth-order valence-electron chi connectivity index (χ4n) is 9.33. The first kappa shape index (κ1) is 47.4. The number of carbonyl (C=O) groups is 2. The number of nitrogens with one attached hydrogen (secondary N) is 1. The second kappa shape index (κ2) is 19.2. The Labute approximate surface area is 395 Å². The number of nitrogens with two attached hydrogens (primary N) is 1. The third-order valence-electron chi connectivity index (χ3n) is 13.1. The van der Waals surface area contributed by atoms with E-state index in [1.54, 1.807) is 56.6 Å². The molecule has 6 aliphatic rings. The monoisotopic (exact) mass is 932 g/mol. The Morgan fingerprint density at radius 2 is 1.12 bits per heavy atom. The van der Waals surface area contributed by atoms with Crippen molar-refractivity contribution >= 4 is 62.0 Å². The van der Waals surface area contributed by atoms with Crippen LogP contribution >= 0.6 is 0 Å². The molecule has 0 saturated heterocycles. The Kier molecular flexibility index (Phi) is 13.6. The van der Waals surface area contributed by atoms with E-state index in [2.05, 4.69) is 39.2 Å². The third kappa shape index (κ3) is 9.97. The number of nitrogens with zero attached hydrogens (tertiary/aromatic N) is 10. The highest BCUT2D eigenvalue weighted by Crippen LogP contribution is 2.64. The Morgan fingerprint density at radius 1 is 0.687 bits per heavy atom. The van der Waals surface area contributed by atoms with E-state index in [0.29, 0.717) is 35.7 Å². The predicted octanol–water partition coefficient (Wildman–Crippen LogP) is 5.91. The molecule has 3 N–H and O–H groups in total. The smallest absolute Gasteiger partial charge is 0.270 e. The van der Waals surface area contributed by atoms with Gasteiger partial charge in [-0.3, -0.25) is 13.8 Å². The molecule has 4 bridgehead atoms. The van der Waals surface area contributed by atoms with Gasteiger partial charge in [0.1, 0.15) is 47.4 Å². The maximum atomic E-state index is 12.9. The number of hydrogen-bond acceptors (Lipinski definition) is 13. The Hall–Kier alpha value is -6.11. The van der Waals surface area contributed by atoms with Crippen molar-refractivity contribution < 1.29 is 23.3 Å². The van der Waals surface area contributed by atoms with Crippen molar-refractivity contribution in [2.45, 2.75) is 54.8 Å². The standard InChI is InChI=1S/C24H30N6O2.C15H18N4O2S.C10H16N2O/c1-28(2)9-10-32-19-7-5-18(6-8-19)26-23-25-15-17-11-20(22(31)29(3)4)30(21(17)27-23)24-12-16(13-24)14-24;1-18(2)13(20)11-4-10-8-16-14(22(3)21)17-12(10)19(11)15-5-9(6-15)7-15;1-12(2)7-8-13-10-5-3-9(11)4-6-10/h5-8,11,15-16H,9-10,12-14H2,1-4H3,(H,25,26,27);4,8-9H,5-7H2,1-3H3;3-6H,7-8,11H2,1-2H3. The fraction of sp³-hybridized carbons (Fsp3) is 0.469. The summed E-state index contributed by atoms with van der Waals surface area (Å²) in [7, 11) is 13.9. The van der Waals surface area contributed by atoms with Crippen LogP contribution in [0.2, 0.25) is 0 Å². The summed E-state index contributed by atoms with van der Waals surface area (Å²) in [6, 6.07) is 19.0. The highest BCUT2D eigenvalue weighted by Gasteiger charge is 2.60. The summed E-state index contributed by atoms with van der Waals surface area (Å²) in [5.74, 6) is 3.80. The number of hydrogen-bond donors (Lipinski definition) is 2. The first-order valence-electron chi connectivity index (χ1n) is 22.8. The third-order valence-corrected chi connectivity index (χ3v) is 13.8. The highest BCUT2D eigenvalue weighted by molar-refractivity contribution is 7.84. The maximum Gasteiger partial charge on any atom is 0.270 e. The molecular formula is C49H64N12O5S. The quantitative estimate of drug-likeness (QED) is 0.0917. The average molecular weight is 933 g/mol. The van der Waals surface area contributed by atoms with Gasteiger partial charge < -0.3 is 49.3 Å². The minimum atomic E-state index is -1.23. The van der Waals surface area contributed by atoms with Gasteiger partial charge >= 0.3 is 0 Å². The van der Waals surface area contributed by atoms with Crippen molar-refractivity contribution in [3.05, 3.63) is 84.4 Å². The summed E-state index contributed by atoms with van der Waals surface area (Å²) in [6.45, 7) is 3.14. The molecule has 18 heteroatoms. The molecule has 6 saturated carbocycles. The minimum absolute atomic E-state index is 0.00656. The van der Waals surface area contributed by atoms with Crippen LogP contribution in [0, 0.1) is 11.8 Å². The molecule has 2 aromatic carbocycles. The zero-order chi connectivity index (χ0) is 47.8. The number of likely N-dealkylation sites (N-methyl/N-ethyl adjacent to an activating group) is 2. The molecule has 4 aromatic heterocycles. The van der Waals surface area contributed by atoms with Crippen LogP contribution in [0.15, 0.2) is 78.2 Å². The molecule has 67 heavy (non-hydrogen) atoms. The number of nitrogen functional groups attached to an aromatic ring is 1. The van der Waals surface area contributed by atoms with Crippen LogP contribution < -0.4 is 20.5 Å². The number of amides is 2. The summed E-state index contributed by atoms with van der Waals surface area (Å²) in [5.41, 5.74) is 10.2. The van der Waals surface area contributed by atoms with Gasteiger partial charge in [-0.2, -0.15) is 4.98 Å². The lowest BCUT2D eigenvalue weighted by molar-refractivity contribution is -0.0871. The second-order valence-electron chi connectivity index (χ2n) is 19.4. The highest BCUT2D eigenvalue weighted by atomic mass is 32.2. The molecule has 2 amide bonds. The number of benzene rings is 2. The fourth-order valence-corrected chi connectivity index (χ4v) is 9.74. The summed E-state index contributed by atoms with van der Waals surface area (Å²) in [6.07, 6.45) is 11.8. The second-order valence-corrected chi connectivity index (χ2v) is 20.7. The lowest BCUT2D eigenvalue weighted by Crippen LogP contribution is -2.60. The van der Waals surface area contributed by atoms with E-state index in [9.17, 15) is 13.8 Å². The van der Waals surface area contributed by atoms with E-state index in [1.165, 1.54) is 0 Å². The number of fused-ring (bicyclic) bond motifs is 2. The van der Waals surface area contributed by atoms with E-state index in [-0.39, 0.29) is 22.9 Å². The zero-order valence-corrected chi connectivity index (χ0v) is 41.0. The van der Waals surface area contributed by atoms with Crippen LogP contribution in [-0.2, 0) is 21.9 Å². The molecule has 12 rings (SSSR count). The number of aromatic nitrogens is 6. The van der Waals surface area contributed by atoms with Crippen LogP contribution in [0.3, 0.4) is 0 Å². The summed E-state index contributed by atoms with van der Waals surface area (Å²) < 4.78 is 27.2. The van der Waals surface area contributed by atoms with Crippen LogP contribution in [0.4, 0.5) is 17.3 Å². The first-order valence-corrected chi connectivity index (χ1v) is 24.3. The molecule has 0 spiro atoms. The van der Waals surface area contributed by atoms with Gasteiger partial charge in [0.15, 0.2) is 0 Å². The van der Waals surface area contributed by atoms with E-state index >= 15 is 0 Å². The molecule has 0 aliphatic heterocycles. The molecule has 0 radical (unpaired) electrons. The van der Waals surface area contributed by atoms with Crippen LogP contribution in [0.1, 0.15) is 59.5 Å². The Morgan fingerprint density at radius 3 is 1.52 bits per heavy atom. The molecule has 6 aliphatic carbocycles. The van der Waals surface area contributed by atoms with E-state index < -0.39 is 10.8 Å². The average Bonchev–Trinajstić information content (AvgIpc) is 3.78. The molecule has 17 nitrogen and oxygen atoms in total. The normalized spacial score (nSPS) is 21.1. The molecule has 356 valence electrons. The largest absolute Gasteiger partial charge is 0.492 e. The summed E-state index contributed by atoms with van der Waals surface area (Å²) >= 11 is 0. The van der Waals surface area contributed by atoms with Crippen molar-refractivity contribution in [2.24, 2.45) is 11.8 Å². The molecule has 4 heterocycles. The van der Waals surface area contributed by atoms with Gasteiger partial charge in [-0.15, -0.1) is 0 Å². The summed E-state index contributed by atoms with van der Waals surface area (Å²) in [4.78, 5) is 50.8. The first-order chi connectivity index (χ1) is 31.9. The van der Waals surface area contributed by atoms with Crippen molar-refractivity contribution in [3.63, 3.8) is 0 Å². The van der Waals surface area contributed by atoms with Crippen molar-refractivity contribution in [3.8, 4) is 11.5 Å². The molecule has 6 aromatic rings. The van der Waals surface area contributed by atoms with Gasteiger partial charge in [0.25, 0.3) is 11.8 Å². The molecular weight excluding hydrogens is 869 g/mol. The van der Waals surface area contributed by atoms with Gasteiger partial charge in [-0.1, -0.05) is 0 Å². The van der Waals surface area contributed by atoms with Crippen LogP contribution in [-0.4, -0.2) is 154 Å². The Balaban J connectivity index is 0.000000150. The number of carbonyl (C=O) groups excluding carboxylic acids is 2. The number of ether oxygens (including phenoxy) is 2. The maximum absolute atomic E-state index is 12.9. The van der Waals surface area contributed by atoms with Crippen molar-refractivity contribution in [1.29, 1.82) is 0 Å². The lowest BCUT2D eigenvalue weighted by atomic mass is 9.49. The van der Waals surface area contributed by atoms with E-state index in [1.807, 2.05) is 88.9 Å². The topological polar surface area (TPSA) is 182 Å². The lowest BCUT2D eigenvalue weighted by Gasteiger charge is -2.62. The molecule has 1 unspecified atom stereocenters. The van der Waals surface area contributed by atoms with Gasteiger partial charge in [-0.05, 0) is 139 Å².